The molecule has 0 unspecified atom stereocenters. The number of esters is 1. The quantitative estimate of drug-likeness (QED) is 0.800. The molecule has 0 spiro atoms. The average molecular weight is 347 g/mol. The van der Waals surface area contributed by atoms with Crippen LogP contribution in [0.15, 0.2) is 6.07 Å². The number of aromatic nitrogens is 1. The minimum atomic E-state index is -0.625. The van der Waals surface area contributed by atoms with Crippen LogP contribution in [-0.4, -0.2) is 35.1 Å². The first-order valence-electron chi connectivity index (χ1n) is 8.91. The molecular formula is C18H25N3O4. The van der Waals surface area contributed by atoms with Gasteiger partial charge in [-0.1, -0.05) is 12.8 Å². The van der Waals surface area contributed by atoms with Gasteiger partial charge in [-0.15, -0.1) is 0 Å². The third-order valence-corrected chi connectivity index (χ3v) is 4.89. The van der Waals surface area contributed by atoms with Crippen molar-refractivity contribution in [1.82, 2.24) is 15.2 Å². The van der Waals surface area contributed by atoms with Crippen LogP contribution in [0, 0.1) is 13.8 Å². The van der Waals surface area contributed by atoms with E-state index in [1.54, 1.807) is 6.07 Å². The fourth-order valence-corrected chi connectivity index (χ4v) is 3.54. The Hall–Kier alpha value is -2.31. The van der Waals surface area contributed by atoms with Crippen molar-refractivity contribution in [3.63, 3.8) is 0 Å². The van der Waals surface area contributed by atoms with Crippen molar-refractivity contribution < 1.29 is 19.1 Å². The van der Waals surface area contributed by atoms with Gasteiger partial charge in [-0.2, -0.15) is 0 Å². The summed E-state index contributed by atoms with van der Waals surface area (Å²) < 4.78 is 7.21. The Morgan fingerprint density at radius 3 is 2.48 bits per heavy atom. The summed E-state index contributed by atoms with van der Waals surface area (Å²) in [5.74, 6) is -1.16. The average Bonchev–Trinajstić information content (AvgIpc) is 3.16. The second kappa shape index (κ2) is 7.29. The third-order valence-electron chi connectivity index (χ3n) is 4.89. The molecule has 0 aliphatic heterocycles. The molecule has 7 nitrogen and oxygen atoms in total. The zero-order valence-corrected chi connectivity index (χ0v) is 14.8. The lowest BCUT2D eigenvalue weighted by molar-refractivity contribution is -0.123. The maximum atomic E-state index is 12.2. The Bertz CT molecular complexity index is 685. The van der Waals surface area contributed by atoms with Gasteiger partial charge in [0.25, 0.3) is 5.91 Å². The van der Waals surface area contributed by atoms with E-state index in [0.717, 1.165) is 49.9 Å². The summed E-state index contributed by atoms with van der Waals surface area (Å²) in [6.45, 7) is 3.38. The van der Waals surface area contributed by atoms with Crippen LogP contribution < -0.4 is 10.6 Å². The van der Waals surface area contributed by atoms with Gasteiger partial charge in [-0.3, -0.25) is 10.1 Å². The van der Waals surface area contributed by atoms with Crippen LogP contribution >= 0.6 is 0 Å². The molecule has 2 N–H and O–H groups in total. The standard InChI is InChI=1S/C18H25N3O4/c1-11-9-15(12(2)21(11)14-7-8-14)17(23)25-10-16(22)20-18(24)19-13-5-3-4-6-13/h9,13-14H,3-8,10H2,1-2H3,(H2,19,20,22,24). The van der Waals surface area contributed by atoms with Crippen LogP contribution in [0.1, 0.15) is 66.3 Å². The van der Waals surface area contributed by atoms with Crippen LogP contribution in [0.25, 0.3) is 0 Å². The third kappa shape index (κ3) is 4.21. The van der Waals surface area contributed by atoms with E-state index >= 15 is 0 Å². The summed E-state index contributed by atoms with van der Waals surface area (Å²) in [5.41, 5.74) is 2.37. The smallest absolute Gasteiger partial charge is 0.340 e. The minimum absolute atomic E-state index is 0.128. The number of urea groups is 1. The molecule has 1 aromatic rings. The predicted octanol–water partition coefficient (Wildman–Crippen LogP) is 2.37. The molecule has 136 valence electrons. The Labute approximate surface area is 147 Å². The Balaban J connectivity index is 1.47. The van der Waals surface area contributed by atoms with Crippen LogP contribution in [0.3, 0.4) is 0 Å². The number of aryl methyl sites for hydroxylation is 1. The lowest BCUT2D eigenvalue weighted by Gasteiger charge is -2.12. The van der Waals surface area contributed by atoms with Gasteiger partial charge in [0, 0.05) is 23.5 Å². The van der Waals surface area contributed by atoms with Crippen LogP contribution in [0.5, 0.6) is 0 Å². The van der Waals surface area contributed by atoms with Crippen LogP contribution in [-0.2, 0) is 9.53 Å². The molecule has 2 fully saturated rings. The highest BCUT2D eigenvalue weighted by Crippen LogP contribution is 2.38. The van der Waals surface area contributed by atoms with Crippen LogP contribution in [0.4, 0.5) is 4.79 Å². The highest BCUT2D eigenvalue weighted by atomic mass is 16.5. The number of ether oxygens (including phenoxy) is 1. The van der Waals surface area contributed by atoms with Crippen molar-refractivity contribution >= 4 is 17.9 Å². The van der Waals surface area contributed by atoms with E-state index in [2.05, 4.69) is 15.2 Å². The van der Waals surface area contributed by atoms with Crippen molar-refractivity contribution in [1.29, 1.82) is 0 Å². The number of nitrogens with zero attached hydrogens (tertiary/aromatic N) is 1. The number of nitrogens with one attached hydrogen (secondary N) is 2. The molecule has 3 amide bonds. The first-order valence-corrected chi connectivity index (χ1v) is 8.91. The van der Waals surface area contributed by atoms with Gasteiger partial charge >= 0.3 is 12.0 Å². The van der Waals surface area contributed by atoms with Crippen molar-refractivity contribution in [2.24, 2.45) is 0 Å². The van der Waals surface area contributed by atoms with Gasteiger partial charge in [0.1, 0.15) is 0 Å². The van der Waals surface area contributed by atoms with E-state index in [4.69, 9.17) is 4.74 Å². The van der Waals surface area contributed by atoms with Crippen LogP contribution in [0.2, 0.25) is 0 Å². The summed E-state index contributed by atoms with van der Waals surface area (Å²) in [7, 11) is 0. The first kappa shape index (κ1) is 17.5. The van der Waals surface area contributed by atoms with Gasteiger partial charge in [-0.25, -0.2) is 9.59 Å². The van der Waals surface area contributed by atoms with Gasteiger partial charge in [-0.05, 0) is 45.6 Å². The largest absolute Gasteiger partial charge is 0.452 e. The van der Waals surface area contributed by atoms with Crippen molar-refractivity contribution in [2.45, 2.75) is 64.5 Å². The first-order chi connectivity index (χ1) is 12.0. The number of imide groups is 1. The zero-order chi connectivity index (χ0) is 18.0. The second-order valence-electron chi connectivity index (χ2n) is 6.97. The Morgan fingerprint density at radius 1 is 1.16 bits per heavy atom. The lowest BCUT2D eigenvalue weighted by atomic mass is 10.2. The summed E-state index contributed by atoms with van der Waals surface area (Å²) in [6.07, 6.45) is 6.32. The molecule has 1 aromatic heterocycles. The summed E-state index contributed by atoms with van der Waals surface area (Å²) in [4.78, 5) is 35.7. The second-order valence-corrected chi connectivity index (χ2v) is 6.97. The number of hydrogen-bond acceptors (Lipinski definition) is 4. The molecule has 2 aliphatic rings. The topological polar surface area (TPSA) is 89.4 Å². The molecule has 25 heavy (non-hydrogen) atoms. The van der Waals surface area contributed by atoms with E-state index in [1.165, 1.54) is 0 Å². The van der Waals surface area contributed by atoms with Gasteiger partial charge in [0.2, 0.25) is 0 Å². The number of amides is 3. The molecular weight excluding hydrogens is 322 g/mol. The molecule has 0 saturated heterocycles. The SMILES string of the molecule is Cc1cc(C(=O)OCC(=O)NC(=O)NC2CCCC2)c(C)n1C1CC1. The highest BCUT2D eigenvalue weighted by Gasteiger charge is 2.29. The van der Waals surface area contributed by atoms with Gasteiger partial charge < -0.3 is 14.6 Å². The highest BCUT2D eigenvalue weighted by molar-refractivity contribution is 5.97. The zero-order valence-electron chi connectivity index (χ0n) is 14.8. The number of hydrogen-bond donors (Lipinski definition) is 2. The number of rotatable bonds is 5. The maximum Gasteiger partial charge on any atom is 0.340 e. The molecule has 2 saturated carbocycles. The molecule has 7 heteroatoms. The molecule has 2 aliphatic carbocycles. The molecule has 0 bridgehead atoms. The van der Waals surface area contributed by atoms with Crippen molar-refractivity contribution in [2.75, 3.05) is 6.61 Å². The summed E-state index contributed by atoms with van der Waals surface area (Å²) in [6, 6.07) is 1.87. The summed E-state index contributed by atoms with van der Waals surface area (Å²) >= 11 is 0. The monoisotopic (exact) mass is 347 g/mol. The van der Waals surface area contributed by atoms with E-state index in [0.29, 0.717) is 11.6 Å². The Morgan fingerprint density at radius 2 is 1.84 bits per heavy atom. The van der Waals surface area contributed by atoms with E-state index in [1.807, 2.05) is 13.8 Å². The molecule has 0 aromatic carbocycles. The predicted molar refractivity (Wildman–Crippen MR) is 91.4 cm³/mol. The van der Waals surface area contributed by atoms with E-state index in [9.17, 15) is 14.4 Å². The molecule has 0 atom stereocenters. The van der Waals surface area contributed by atoms with Gasteiger partial charge in [0.15, 0.2) is 6.61 Å². The fourth-order valence-electron chi connectivity index (χ4n) is 3.54. The molecule has 0 radical (unpaired) electrons. The Kier molecular flexibility index (Phi) is 5.11. The van der Waals surface area contributed by atoms with Crippen molar-refractivity contribution in [3.05, 3.63) is 23.0 Å². The lowest BCUT2D eigenvalue weighted by Crippen LogP contribution is -2.45. The fraction of sp³-hybridized carbons (Fsp3) is 0.611. The van der Waals surface area contributed by atoms with Crippen molar-refractivity contribution in [3.8, 4) is 0 Å². The minimum Gasteiger partial charge on any atom is -0.452 e. The van der Waals surface area contributed by atoms with E-state index in [-0.39, 0.29) is 6.04 Å². The molecule has 3 rings (SSSR count). The van der Waals surface area contributed by atoms with E-state index < -0.39 is 24.5 Å². The number of carbonyl (C=O) groups excluding carboxylic acids is 3. The number of carbonyl (C=O) groups is 3. The van der Waals surface area contributed by atoms with Gasteiger partial charge in [0.05, 0.1) is 5.56 Å². The normalized spacial score (nSPS) is 17.4. The maximum absolute atomic E-state index is 12.2. The summed E-state index contributed by atoms with van der Waals surface area (Å²) in [5, 5.41) is 4.96. The molecule has 1 heterocycles.